The lowest BCUT2D eigenvalue weighted by Gasteiger charge is -2.09. The van der Waals surface area contributed by atoms with Crippen LogP contribution in [0.5, 0.6) is 11.5 Å². The van der Waals surface area contributed by atoms with Crippen LogP contribution in [0.4, 0.5) is 10.2 Å². The fourth-order valence-corrected chi connectivity index (χ4v) is 4.19. The van der Waals surface area contributed by atoms with Crippen LogP contribution in [0.15, 0.2) is 54.2 Å². The lowest BCUT2D eigenvalue weighted by Crippen LogP contribution is -2.07. The van der Waals surface area contributed by atoms with E-state index >= 15 is 0 Å². The Labute approximate surface area is 164 Å². The van der Waals surface area contributed by atoms with E-state index in [-0.39, 0.29) is 12.6 Å². The first-order valence-corrected chi connectivity index (χ1v) is 9.76. The minimum absolute atomic E-state index is 0.249. The monoisotopic (exact) mass is 393 g/mol. The average molecular weight is 393 g/mol. The van der Waals surface area contributed by atoms with Gasteiger partial charge in [0.15, 0.2) is 11.5 Å². The Bertz CT molecular complexity index is 1140. The normalized spacial score (nSPS) is 12.5. The van der Waals surface area contributed by atoms with Gasteiger partial charge in [-0.2, -0.15) is 0 Å². The maximum atomic E-state index is 13.3. The number of nitrogens with zero attached hydrogens (tertiary/aromatic N) is 2. The van der Waals surface area contributed by atoms with Gasteiger partial charge in [-0.1, -0.05) is 18.2 Å². The molecule has 1 N–H and O–H groups in total. The Morgan fingerprint density at radius 3 is 2.79 bits per heavy atom. The molecule has 4 aromatic rings. The third-order valence-corrected chi connectivity index (χ3v) is 5.55. The Kier molecular flexibility index (Phi) is 4.29. The smallest absolute Gasteiger partial charge is 0.231 e. The zero-order valence-corrected chi connectivity index (χ0v) is 15.6. The lowest BCUT2D eigenvalue weighted by molar-refractivity contribution is 0.174. The largest absolute Gasteiger partial charge is 0.454 e. The van der Waals surface area contributed by atoms with E-state index in [2.05, 4.69) is 15.3 Å². The van der Waals surface area contributed by atoms with Gasteiger partial charge in [-0.3, -0.25) is 0 Å². The van der Waals surface area contributed by atoms with Crippen LogP contribution in [0.2, 0.25) is 0 Å². The lowest BCUT2D eigenvalue weighted by atomic mass is 10.1. The molecule has 140 valence electrons. The minimum Gasteiger partial charge on any atom is -0.454 e. The van der Waals surface area contributed by atoms with Crippen LogP contribution in [-0.4, -0.2) is 23.3 Å². The van der Waals surface area contributed by atoms with Crippen molar-refractivity contribution >= 4 is 27.4 Å². The standard InChI is InChI=1S/C21H16FN3O2S/c22-15-4-2-14(3-5-15)16-10-28-21-19(16)20(24-11-25-21)23-8-7-13-1-6-17-18(9-13)27-12-26-17/h1-6,9-11H,7-8,12H2,(H,23,24,25). The van der Waals surface area contributed by atoms with Crippen molar-refractivity contribution in [2.75, 3.05) is 18.7 Å². The topological polar surface area (TPSA) is 56.3 Å². The molecule has 7 heteroatoms. The molecule has 0 radical (unpaired) electrons. The highest BCUT2D eigenvalue weighted by atomic mass is 32.1. The Morgan fingerprint density at radius 2 is 1.89 bits per heavy atom. The summed E-state index contributed by atoms with van der Waals surface area (Å²) in [4.78, 5) is 9.71. The molecule has 0 amide bonds. The molecular formula is C21H16FN3O2S. The number of hydrogen-bond donors (Lipinski definition) is 1. The highest BCUT2D eigenvalue weighted by Gasteiger charge is 2.15. The number of rotatable bonds is 5. The Hall–Kier alpha value is -3.19. The van der Waals surface area contributed by atoms with Crippen LogP contribution in [0, 0.1) is 5.82 Å². The zero-order chi connectivity index (χ0) is 18.9. The maximum Gasteiger partial charge on any atom is 0.231 e. The first-order chi connectivity index (χ1) is 13.8. The fraction of sp³-hybridized carbons (Fsp3) is 0.143. The summed E-state index contributed by atoms with van der Waals surface area (Å²) in [5.74, 6) is 2.11. The van der Waals surface area contributed by atoms with Crippen LogP contribution in [-0.2, 0) is 6.42 Å². The first kappa shape index (κ1) is 16.9. The van der Waals surface area contributed by atoms with Gasteiger partial charge in [0.1, 0.15) is 22.8 Å². The number of ether oxygens (including phenoxy) is 2. The molecule has 2 aromatic heterocycles. The summed E-state index contributed by atoms with van der Waals surface area (Å²) in [5, 5.41) is 6.42. The molecule has 0 saturated carbocycles. The van der Waals surface area contributed by atoms with Crippen LogP contribution >= 0.6 is 11.3 Å². The molecule has 0 bridgehead atoms. The van der Waals surface area contributed by atoms with E-state index in [1.165, 1.54) is 12.1 Å². The van der Waals surface area contributed by atoms with Gasteiger partial charge in [-0.25, -0.2) is 14.4 Å². The van der Waals surface area contributed by atoms with Crippen LogP contribution in [0.3, 0.4) is 0 Å². The number of anilines is 1. The third kappa shape index (κ3) is 3.14. The highest BCUT2D eigenvalue weighted by molar-refractivity contribution is 7.17. The second-order valence-electron chi connectivity index (χ2n) is 6.42. The molecule has 0 atom stereocenters. The van der Waals surface area contributed by atoms with Gasteiger partial charge in [-0.05, 0) is 41.8 Å². The number of aromatic nitrogens is 2. The molecule has 3 heterocycles. The van der Waals surface area contributed by atoms with E-state index in [1.807, 2.05) is 23.6 Å². The Balaban J connectivity index is 1.38. The molecular weight excluding hydrogens is 377 g/mol. The van der Waals surface area contributed by atoms with E-state index in [1.54, 1.807) is 29.8 Å². The second-order valence-corrected chi connectivity index (χ2v) is 7.28. The highest BCUT2D eigenvalue weighted by Crippen LogP contribution is 2.36. The summed E-state index contributed by atoms with van der Waals surface area (Å²) in [7, 11) is 0. The first-order valence-electron chi connectivity index (χ1n) is 8.88. The zero-order valence-electron chi connectivity index (χ0n) is 14.8. The van der Waals surface area contributed by atoms with Crippen LogP contribution in [0.25, 0.3) is 21.3 Å². The molecule has 28 heavy (non-hydrogen) atoms. The molecule has 5 rings (SSSR count). The van der Waals surface area contributed by atoms with Gasteiger partial charge in [-0.15, -0.1) is 11.3 Å². The molecule has 0 unspecified atom stereocenters. The Morgan fingerprint density at radius 1 is 1.04 bits per heavy atom. The second kappa shape index (κ2) is 7.09. The van der Waals surface area contributed by atoms with Gasteiger partial charge in [0, 0.05) is 17.5 Å². The van der Waals surface area contributed by atoms with Gasteiger partial charge in [0.2, 0.25) is 6.79 Å². The van der Waals surface area contributed by atoms with Crippen molar-refractivity contribution in [1.82, 2.24) is 9.97 Å². The SMILES string of the molecule is Fc1ccc(-c2csc3ncnc(NCCc4ccc5c(c4)OCO5)c23)cc1. The molecule has 5 nitrogen and oxygen atoms in total. The van der Waals surface area contributed by atoms with E-state index in [0.29, 0.717) is 6.54 Å². The number of fused-ring (bicyclic) bond motifs is 2. The van der Waals surface area contributed by atoms with Crippen molar-refractivity contribution in [2.45, 2.75) is 6.42 Å². The number of benzene rings is 2. The molecule has 1 aliphatic rings. The van der Waals surface area contributed by atoms with Crippen molar-refractivity contribution in [3.8, 4) is 22.6 Å². The maximum absolute atomic E-state index is 13.3. The van der Waals surface area contributed by atoms with E-state index in [9.17, 15) is 4.39 Å². The number of nitrogens with one attached hydrogen (secondary N) is 1. The number of halogens is 1. The van der Waals surface area contributed by atoms with Crippen molar-refractivity contribution in [3.05, 3.63) is 65.6 Å². The van der Waals surface area contributed by atoms with Gasteiger partial charge < -0.3 is 14.8 Å². The van der Waals surface area contributed by atoms with Gasteiger partial charge in [0.05, 0.1) is 5.39 Å². The van der Waals surface area contributed by atoms with Crippen molar-refractivity contribution in [2.24, 2.45) is 0 Å². The van der Waals surface area contributed by atoms with Crippen molar-refractivity contribution in [3.63, 3.8) is 0 Å². The van der Waals surface area contributed by atoms with Crippen molar-refractivity contribution < 1.29 is 13.9 Å². The summed E-state index contributed by atoms with van der Waals surface area (Å²) in [5.41, 5.74) is 3.11. The van der Waals surface area contributed by atoms with Gasteiger partial charge >= 0.3 is 0 Å². The van der Waals surface area contributed by atoms with Gasteiger partial charge in [0.25, 0.3) is 0 Å². The number of thiophene rings is 1. The summed E-state index contributed by atoms with van der Waals surface area (Å²) in [6.45, 7) is 0.991. The average Bonchev–Trinajstić information content (AvgIpc) is 3.35. The predicted octanol–water partition coefficient (Wildman–Crippen LogP) is 4.88. The summed E-state index contributed by atoms with van der Waals surface area (Å²) >= 11 is 1.56. The van der Waals surface area contributed by atoms with Crippen LogP contribution in [0.1, 0.15) is 5.56 Å². The van der Waals surface area contributed by atoms with E-state index in [4.69, 9.17) is 9.47 Å². The molecule has 2 aromatic carbocycles. The summed E-state index contributed by atoms with van der Waals surface area (Å²) < 4.78 is 24.1. The molecule has 0 saturated heterocycles. The van der Waals surface area contributed by atoms with E-state index in [0.717, 1.165) is 50.6 Å². The van der Waals surface area contributed by atoms with Crippen LogP contribution < -0.4 is 14.8 Å². The third-order valence-electron chi connectivity index (χ3n) is 4.67. The fourth-order valence-electron chi connectivity index (χ4n) is 3.27. The predicted molar refractivity (Wildman–Crippen MR) is 108 cm³/mol. The van der Waals surface area contributed by atoms with E-state index < -0.39 is 0 Å². The molecule has 0 spiro atoms. The minimum atomic E-state index is -0.249. The van der Waals surface area contributed by atoms with Crippen molar-refractivity contribution in [1.29, 1.82) is 0 Å². The summed E-state index contributed by atoms with van der Waals surface area (Å²) in [6, 6.07) is 12.5. The molecule has 0 aliphatic carbocycles. The number of hydrogen-bond acceptors (Lipinski definition) is 6. The quantitative estimate of drug-likeness (QED) is 0.524. The molecule has 1 aliphatic heterocycles. The summed E-state index contributed by atoms with van der Waals surface area (Å²) in [6.07, 6.45) is 2.38. The molecule has 0 fully saturated rings.